The minimum absolute atomic E-state index is 0.822. The molecule has 2 aliphatic carbocycles. The molecule has 0 bridgehead atoms. The predicted molar refractivity (Wildman–Crippen MR) is 84.3 cm³/mol. The van der Waals surface area contributed by atoms with E-state index in [1.807, 2.05) is 0 Å². The number of rotatable bonds is 5. The lowest BCUT2D eigenvalue weighted by molar-refractivity contribution is 0.111. The summed E-state index contributed by atoms with van der Waals surface area (Å²) < 4.78 is 0. The van der Waals surface area contributed by atoms with Crippen LogP contribution in [-0.2, 0) is 0 Å². The highest BCUT2D eigenvalue weighted by atomic mass is 14.9. The van der Waals surface area contributed by atoms with Crippen LogP contribution in [0.5, 0.6) is 0 Å². The van der Waals surface area contributed by atoms with Crippen LogP contribution in [0.3, 0.4) is 0 Å². The van der Waals surface area contributed by atoms with Crippen molar-refractivity contribution in [2.75, 3.05) is 6.54 Å². The van der Waals surface area contributed by atoms with Crippen LogP contribution in [-0.4, -0.2) is 12.6 Å². The highest BCUT2D eigenvalue weighted by Gasteiger charge is 2.35. The second-order valence-electron chi connectivity index (χ2n) is 7.22. The standard InChI is InChI=1S/C18H35N/c1-4-15-8-6-7-9-17(15)18(19-5-2)16-12-10-14(3)11-13-16/h14-19H,4-13H2,1-3H3. The summed E-state index contributed by atoms with van der Waals surface area (Å²) >= 11 is 0. The van der Waals surface area contributed by atoms with Crippen molar-refractivity contribution in [2.45, 2.75) is 84.6 Å². The van der Waals surface area contributed by atoms with E-state index in [1.54, 1.807) is 0 Å². The molecule has 0 radical (unpaired) electrons. The summed E-state index contributed by atoms with van der Waals surface area (Å²) in [7, 11) is 0. The van der Waals surface area contributed by atoms with Gasteiger partial charge in [-0.1, -0.05) is 59.3 Å². The lowest BCUT2D eigenvalue weighted by Crippen LogP contribution is -2.47. The molecule has 0 spiro atoms. The molecule has 19 heavy (non-hydrogen) atoms. The molecule has 0 aromatic carbocycles. The maximum absolute atomic E-state index is 3.90. The quantitative estimate of drug-likeness (QED) is 0.737. The van der Waals surface area contributed by atoms with E-state index < -0.39 is 0 Å². The highest BCUT2D eigenvalue weighted by Crippen LogP contribution is 2.40. The van der Waals surface area contributed by atoms with Gasteiger partial charge in [-0.15, -0.1) is 0 Å². The Labute approximate surface area is 120 Å². The molecule has 1 heteroatoms. The van der Waals surface area contributed by atoms with Crippen molar-refractivity contribution in [2.24, 2.45) is 23.7 Å². The van der Waals surface area contributed by atoms with Gasteiger partial charge in [0.25, 0.3) is 0 Å². The minimum Gasteiger partial charge on any atom is -0.314 e. The van der Waals surface area contributed by atoms with Gasteiger partial charge >= 0.3 is 0 Å². The molecular formula is C18H35N. The smallest absolute Gasteiger partial charge is 0.0126 e. The summed E-state index contributed by atoms with van der Waals surface area (Å²) in [4.78, 5) is 0. The maximum atomic E-state index is 3.90. The van der Waals surface area contributed by atoms with Crippen molar-refractivity contribution in [1.82, 2.24) is 5.32 Å². The molecule has 2 fully saturated rings. The molecule has 3 unspecified atom stereocenters. The van der Waals surface area contributed by atoms with Crippen molar-refractivity contribution < 1.29 is 0 Å². The van der Waals surface area contributed by atoms with Gasteiger partial charge < -0.3 is 5.32 Å². The molecule has 0 amide bonds. The van der Waals surface area contributed by atoms with Crippen molar-refractivity contribution in [3.63, 3.8) is 0 Å². The maximum Gasteiger partial charge on any atom is 0.0126 e. The molecule has 3 atom stereocenters. The van der Waals surface area contributed by atoms with E-state index in [1.165, 1.54) is 57.8 Å². The van der Waals surface area contributed by atoms with Gasteiger partial charge in [-0.2, -0.15) is 0 Å². The second-order valence-corrected chi connectivity index (χ2v) is 7.22. The first-order valence-corrected chi connectivity index (χ1v) is 8.99. The molecule has 2 aliphatic rings. The lowest BCUT2D eigenvalue weighted by Gasteiger charge is -2.43. The van der Waals surface area contributed by atoms with Crippen LogP contribution in [0, 0.1) is 23.7 Å². The second kappa shape index (κ2) is 7.67. The van der Waals surface area contributed by atoms with Gasteiger partial charge in [-0.3, -0.25) is 0 Å². The van der Waals surface area contributed by atoms with Gasteiger partial charge in [-0.25, -0.2) is 0 Å². The summed E-state index contributed by atoms with van der Waals surface area (Å²) in [6.07, 6.45) is 13.2. The van der Waals surface area contributed by atoms with E-state index >= 15 is 0 Å². The Morgan fingerprint density at radius 1 is 0.947 bits per heavy atom. The molecule has 0 aromatic rings. The zero-order chi connectivity index (χ0) is 13.7. The largest absolute Gasteiger partial charge is 0.314 e. The fourth-order valence-electron chi connectivity index (χ4n) is 4.76. The Morgan fingerprint density at radius 3 is 2.26 bits per heavy atom. The Hall–Kier alpha value is -0.0400. The van der Waals surface area contributed by atoms with Crippen LogP contribution in [0.1, 0.15) is 78.6 Å². The Bertz CT molecular complexity index is 242. The number of hydrogen-bond donors (Lipinski definition) is 1. The first kappa shape index (κ1) is 15.4. The summed E-state index contributed by atoms with van der Waals surface area (Å²) in [5, 5.41) is 3.90. The SMILES string of the molecule is CCNC(C1CCC(C)CC1)C1CCCCC1CC. The zero-order valence-corrected chi connectivity index (χ0v) is 13.5. The molecule has 0 aliphatic heterocycles. The van der Waals surface area contributed by atoms with Gasteiger partial charge in [0, 0.05) is 6.04 Å². The molecule has 0 aromatic heterocycles. The third-order valence-corrected chi connectivity index (χ3v) is 5.96. The topological polar surface area (TPSA) is 12.0 Å². The molecule has 1 nitrogen and oxygen atoms in total. The van der Waals surface area contributed by atoms with E-state index in [0.29, 0.717) is 0 Å². The summed E-state index contributed by atoms with van der Waals surface area (Å²) in [6.45, 7) is 8.30. The molecule has 1 N–H and O–H groups in total. The molecular weight excluding hydrogens is 230 g/mol. The van der Waals surface area contributed by atoms with Crippen LogP contribution in [0.2, 0.25) is 0 Å². The average molecular weight is 265 g/mol. The van der Waals surface area contributed by atoms with Crippen LogP contribution >= 0.6 is 0 Å². The molecule has 2 saturated carbocycles. The van der Waals surface area contributed by atoms with Crippen LogP contribution in [0.4, 0.5) is 0 Å². The summed E-state index contributed by atoms with van der Waals surface area (Å²) in [6, 6.07) is 0.822. The van der Waals surface area contributed by atoms with Crippen LogP contribution < -0.4 is 5.32 Å². The molecule has 112 valence electrons. The van der Waals surface area contributed by atoms with Gasteiger partial charge in [-0.05, 0) is 49.5 Å². The molecule has 2 rings (SSSR count). The van der Waals surface area contributed by atoms with Crippen molar-refractivity contribution in [3.05, 3.63) is 0 Å². The fourth-order valence-corrected chi connectivity index (χ4v) is 4.76. The third-order valence-electron chi connectivity index (χ3n) is 5.96. The van der Waals surface area contributed by atoms with E-state index in [9.17, 15) is 0 Å². The Kier molecular flexibility index (Phi) is 6.19. The van der Waals surface area contributed by atoms with Crippen LogP contribution in [0.25, 0.3) is 0 Å². The van der Waals surface area contributed by atoms with Crippen molar-refractivity contribution >= 4 is 0 Å². The number of nitrogens with one attached hydrogen (secondary N) is 1. The third kappa shape index (κ3) is 3.97. The van der Waals surface area contributed by atoms with Crippen LogP contribution in [0.15, 0.2) is 0 Å². The monoisotopic (exact) mass is 265 g/mol. The highest BCUT2D eigenvalue weighted by molar-refractivity contribution is 4.90. The zero-order valence-electron chi connectivity index (χ0n) is 13.5. The van der Waals surface area contributed by atoms with E-state index in [-0.39, 0.29) is 0 Å². The predicted octanol–water partition coefficient (Wildman–Crippen LogP) is 5.01. The summed E-state index contributed by atoms with van der Waals surface area (Å²) in [5.41, 5.74) is 0. The lowest BCUT2D eigenvalue weighted by atomic mass is 9.67. The van der Waals surface area contributed by atoms with Gasteiger partial charge in [0.05, 0.1) is 0 Å². The normalized spacial score (nSPS) is 38.1. The summed E-state index contributed by atoms with van der Waals surface area (Å²) in [5.74, 6) is 3.91. The van der Waals surface area contributed by atoms with E-state index in [2.05, 4.69) is 26.1 Å². The Balaban J connectivity index is 2.00. The van der Waals surface area contributed by atoms with Crippen molar-refractivity contribution in [3.8, 4) is 0 Å². The van der Waals surface area contributed by atoms with E-state index in [4.69, 9.17) is 0 Å². The average Bonchev–Trinajstić information content (AvgIpc) is 2.46. The fraction of sp³-hybridized carbons (Fsp3) is 1.00. The molecule has 0 heterocycles. The van der Waals surface area contributed by atoms with Crippen molar-refractivity contribution in [1.29, 1.82) is 0 Å². The first-order chi connectivity index (χ1) is 9.26. The van der Waals surface area contributed by atoms with Gasteiger partial charge in [0.15, 0.2) is 0 Å². The number of hydrogen-bond acceptors (Lipinski definition) is 1. The first-order valence-electron chi connectivity index (χ1n) is 8.99. The van der Waals surface area contributed by atoms with Gasteiger partial charge in [0.2, 0.25) is 0 Å². The Morgan fingerprint density at radius 2 is 1.63 bits per heavy atom. The van der Waals surface area contributed by atoms with Gasteiger partial charge in [0.1, 0.15) is 0 Å². The minimum atomic E-state index is 0.822. The molecule has 0 saturated heterocycles. The van der Waals surface area contributed by atoms with E-state index in [0.717, 1.165) is 36.3 Å².